The topological polar surface area (TPSA) is 25.8 Å². The molecule has 0 atom stereocenters. The molecule has 2 rings (SSSR count). The molecule has 0 bridgehead atoms. The van der Waals surface area contributed by atoms with Crippen molar-refractivity contribution in [2.45, 2.75) is 31.1 Å². The van der Waals surface area contributed by atoms with E-state index in [9.17, 15) is 8.78 Å². The maximum atomic E-state index is 13.2. The Balaban J connectivity index is 2.36. The SMILES string of the molecule is CC(F)(F)C1(c2nnc(I)s2)CC1. The van der Waals surface area contributed by atoms with E-state index < -0.39 is 11.3 Å². The van der Waals surface area contributed by atoms with Crippen LogP contribution >= 0.6 is 33.9 Å². The van der Waals surface area contributed by atoms with Gasteiger partial charge in [-0.3, -0.25) is 0 Å². The predicted octanol–water partition coefficient (Wildman–Crippen LogP) is 2.83. The van der Waals surface area contributed by atoms with Crippen LogP contribution in [0.2, 0.25) is 0 Å². The van der Waals surface area contributed by atoms with Gasteiger partial charge in [-0.15, -0.1) is 10.2 Å². The molecular weight excluding hydrogens is 309 g/mol. The lowest BCUT2D eigenvalue weighted by Gasteiger charge is -2.19. The van der Waals surface area contributed by atoms with Gasteiger partial charge in [0.05, 0.1) is 5.41 Å². The average Bonchev–Trinajstić information content (AvgIpc) is 2.70. The second-order valence-electron chi connectivity index (χ2n) is 3.33. The molecular formula is C7H7F2IN2S. The summed E-state index contributed by atoms with van der Waals surface area (Å²) >= 11 is 3.27. The van der Waals surface area contributed by atoms with Crippen LogP contribution < -0.4 is 0 Å². The van der Waals surface area contributed by atoms with Gasteiger partial charge in [0.15, 0.2) is 3.01 Å². The summed E-state index contributed by atoms with van der Waals surface area (Å²) in [5.74, 6) is -2.67. The molecule has 72 valence electrons. The summed E-state index contributed by atoms with van der Waals surface area (Å²) in [6.07, 6.45) is 1.06. The summed E-state index contributed by atoms with van der Waals surface area (Å²) in [7, 11) is 0. The second-order valence-corrected chi connectivity index (χ2v) is 6.06. The highest BCUT2D eigenvalue weighted by Crippen LogP contribution is 2.58. The fourth-order valence-electron chi connectivity index (χ4n) is 1.36. The molecule has 0 aromatic carbocycles. The standard InChI is InChI=1S/C7H7F2IN2S/c1-6(8,9)7(2-3-7)4-11-12-5(10)13-4/h2-3H2,1H3. The van der Waals surface area contributed by atoms with Gasteiger partial charge in [-0.05, 0) is 35.4 Å². The summed E-state index contributed by atoms with van der Waals surface area (Å²) < 4.78 is 27.1. The molecule has 1 aliphatic carbocycles. The lowest BCUT2D eigenvalue weighted by atomic mass is 10.0. The van der Waals surface area contributed by atoms with Crippen molar-refractivity contribution >= 4 is 33.9 Å². The Labute approximate surface area is 91.9 Å². The Kier molecular flexibility index (Phi) is 2.10. The van der Waals surface area contributed by atoms with Crippen molar-refractivity contribution in [2.75, 3.05) is 0 Å². The van der Waals surface area contributed by atoms with E-state index in [0.717, 1.165) is 9.94 Å². The van der Waals surface area contributed by atoms with Gasteiger partial charge in [0.2, 0.25) is 0 Å². The molecule has 1 heterocycles. The molecule has 1 saturated carbocycles. The van der Waals surface area contributed by atoms with Crippen molar-refractivity contribution in [1.29, 1.82) is 0 Å². The van der Waals surface area contributed by atoms with Gasteiger partial charge in [0, 0.05) is 6.92 Å². The summed E-state index contributed by atoms with van der Waals surface area (Å²) in [4.78, 5) is 0. The van der Waals surface area contributed by atoms with Crippen LogP contribution in [0.4, 0.5) is 8.78 Å². The van der Waals surface area contributed by atoms with E-state index in [1.54, 1.807) is 0 Å². The number of aromatic nitrogens is 2. The minimum absolute atomic E-state index is 0.490. The van der Waals surface area contributed by atoms with Crippen LogP contribution in [-0.4, -0.2) is 16.1 Å². The average molecular weight is 316 g/mol. The molecule has 0 amide bonds. The van der Waals surface area contributed by atoms with E-state index in [1.807, 2.05) is 22.6 Å². The maximum absolute atomic E-state index is 13.2. The van der Waals surface area contributed by atoms with Gasteiger partial charge in [-0.25, -0.2) is 8.78 Å². The summed E-state index contributed by atoms with van der Waals surface area (Å²) in [5, 5.41) is 8.05. The number of hydrogen-bond donors (Lipinski definition) is 0. The number of halogens is 3. The van der Waals surface area contributed by atoms with Crippen molar-refractivity contribution < 1.29 is 8.78 Å². The highest BCUT2D eigenvalue weighted by molar-refractivity contribution is 14.1. The number of rotatable bonds is 2. The largest absolute Gasteiger partial charge is 0.257 e. The zero-order valence-corrected chi connectivity index (χ0v) is 9.82. The Morgan fingerprint density at radius 3 is 2.38 bits per heavy atom. The fraction of sp³-hybridized carbons (Fsp3) is 0.714. The van der Waals surface area contributed by atoms with Crippen LogP contribution in [0.1, 0.15) is 24.8 Å². The van der Waals surface area contributed by atoms with E-state index in [-0.39, 0.29) is 0 Å². The normalized spacial score (nSPS) is 20.3. The van der Waals surface area contributed by atoms with Crippen molar-refractivity contribution in [2.24, 2.45) is 0 Å². The lowest BCUT2D eigenvalue weighted by molar-refractivity contribution is -0.0202. The molecule has 0 N–H and O–H groups in total. The van der Waals surface area contributed by atoms with Crippen LogP contribution in [0.25, 0.3) is 0 Å². The highest BCUT2D eigenvalue weighted by atomic mass is 127. The monoisotopic (exact) mass is 316 g/mol. The van der Waals surface area contributed by atoms with Crippen molar-refractivity contribution in [1.82, 2.24) is 10.2 Å². The maximum Gasteiger partial charge on any atom is 0.257 e. The highest BCUT2D eigenvalue weighted by Gasteiger charge is 2.62. The number of alkyl halides is 2. The van der Waals surface area contributed by atoms with E-state index >= 15 is 0 Å². The molecule has 0 aliphatic heterocycles. The molecule has 13 heavy (non-hydrogen) atoms. The molecule has 0 unspecified atom stereocenters. The molecule has 1 aromatic heterocycles. The number of nitrogens with zero attached hydrogens (tertiary/aromatic N) is 2. The van der Waals surface area contributed by atoms with Crippen molar-refractivity contribution in [3.8, 4) is 0 Å². The summed E-state index contributed by atoms with van der Waals surface area (Å²) in [6.45, 7) is 0.967. The first-order valence-corrected chi connectivity index (χ1v) is 5.72. The summed E-state index contributed by atoms with van der Waals surface area (Å²) in [6, 6.07) is 0. The van der Waals surface area contributed by atoms with Gasteiger partial charge < -0.3 is 0 Å². The molecule has 1 aliphatic rings. The van der Waals surface area contributed by atoms with E-state index in [0.29, 0.717) is 17.8 Å². The van der Waals surface area contributed by atoms with Gasteiger partial charge >= 0.3 is 0 Å². The third-order valence-electron chi connectivity index (χ3n) is 2.40. The van der Waals surface area contributed by atoms with Gasteiger partial charge in [0.1, 0.15) is 5.01 Å². The first-order valence-electron chi connectivity index (χ1n) is 3.83. The molecule has 0 radical (unpaired) electrons. The first-order chi connectivity index (χ1) is 5.96. The fourth-order valence-corrected chi connectivity index (χ4v) is 3.00. The number of hydrogen-bond acceptors (Lipinski definition) is 3. The Hall–Kier alpha value is 0.150. The molecule has 1 aromatic rings. The van der Waals surface area contributed by atoms with Crippen LogP contribution in [0, 0.1) is 3.01 Å². The van der Waals surface area contributed by atoms with Gasteiger partial charge in [0.25, 0.3) is 5.92 Å². The Morgan fingerprint density at radius 2 is 2.08 bits per heavy atom. The second kappa shape index (κ2) is 2.82. The third-order valence-corrected chi connectivity index (χ3v) is 4.19. The van der Waals surface area contributed by atoms with E-state index in [2.05, 4.69) is 10.2 Å². The first kappa shape index (κ1) is 9.70. The predicted molar refractivity (Wildman–Crippen MR) is 54.2 cm³/mol. The minimum Gasteiger partial charge on any atom is -0.206 e. The zero-order chi connectivity index (χ0) is 9.69. The zero-order valence-electron chi connectivity index (χ0n) is 6.85. The minimum atomic E-state index is -2.67. The molecule has 2 nitrogen and oxygen atoms in total. The van der Waals surface area contributed by atoms with Gasteiger partial charge in [-0.1, -0.05) is 11.3 Å². The molecule has 0 spiro atoms. The van der Waals surface area contributed by atoms with Crippen LogP contribution in [0.3, 0.4) is 0 Å². The summed E-state index contributed by atoms with van der Waals surface area (Å²) in [5.41, 5.74) is -0.992. The Bertz CT molecular complexity index is 329. The smallest absolute Gasteiger partial charge is 0.206 e. The molecule has 0 saturated heterocycles. The van der Waals surface area contributed by atoms with Gasteiger partial charge in [-0.2, -0.15) is 0 Å². The van der Waals surface area contributed by atoms with Crippen LogP contribution in [0.5, 0.6) is 0 Å². The quantitative estimate of drug-likeness (QED) is 0.784. The van der Waals surface area contributed by atoms with E-state index in [4.69, 9.17) is 0 Å². The third kappa shape index (κ3) is 1.47. The van der Waals surface area contributed by atoms with Crippen molar-refractivity contribution in [3.05, 3.63) is 8.02 Å². The van der Waals surface area contributed by atoms with E-state index in [1.165, 1.54) is 11.3 Å². The van der Waals surface area contributed by atoms with Crippen LogP contribution in [0.15, 0.2) is 0 Å². The lowest BCUT2D eigenvalue weighted by Crippen LogP contribution is -2.29. The molecule has 6 heteroatoms. The molecule has 1 fully saturated rings. The van der Waals surface area contributed by atoms with Crippen molar-refractivity contribution in [3.63, 3.8) is 0 Å². The van der Waals surface area contributed by atoms with Crippen LogP contribution in [-0.2, 0) is 5.41 Å². The Morgan fingerprint density at radius 1 is 1.46 bits per heavy atom.